The first-order valence-electron chi connectivity index (χ1n) is 4.09. The first kappa shape index (κ1) is 7.59. The maximum atomic E-state index is 11.5. The zero-order valence-electron chi connectivity index (χ0n) is 6.64. The van der Waals surface area contributed by atoms with Gasteiger partial charge in [0.1, 0.15) is 0 Å². The highest BCUT2D eigenvalue weighted by Gasteiger charge is 2.49. The molecule has 1 saturated carbocycles. The zero-order valence-corrected chi connectivity index (χ0v) is 8.23. The summed E-state index contributed by atoms with van der Waals surface area (Å²) in [5, 5.41) is 0. The Morgan fingerprint density at radius 3 is 2.64 bits per heavy atom. The van der Waals surface area contributed by atoms with Gasteiger partial charge in [-0.05, 0) is 26.2 Å². The van der Waals surface area contributed by atoms with Crippen molar-refractivity contribution in [1.82, 2.24) is 4.90 Å². The lowest BCUT2D eigenvalue weighted by atomic mass is 10.3. The number of rotatable bonds is 1. The lowest BCUT2D eigenvalue weighted by molar-refractivity contribution is -0.129. The molecule has 1 unspecified atom stereocenters. The molecule has 2 aliphatic rings. The number of carbonyl (C=O) groups excluding carboxylic acids is 1. The van der Waals surface area contributed by atoms with Crippen LogP contribution in [0, 0.1) is 0 Å². The van der Waals surface area contributed by atoms with Crippen molar-refractivity contribution in [3.8, 4) is 0 Å². The molecule has 1 aliphatic heterocycles. The molecule has 0 N–H and O–H groups in total. The number of halogens is 1. The summed E-state index contributed by atoms with van der Waals surface area (Å²) in [7, 11) is 0. The van der Waals surface area contributed by atoms with Crippen molar-refractivity contribution in [1.29, 1.82) is 0 Å². The first-order valence-corrected chi connectivity index (χ1v) is 5.01. The summed E-state index contributed by atoms with van der Waals surface area (Å²) in [4.78, 5) is 13.6. The van der Waals surface area contributed by atoms with Gasteiger partial charge in [0.15, 0.2) is 0 Å². The van der Waals surface area contributed by atoms with E-state index in [0.29, 0.717) is 5.91 Å². The molecule has 0 bridgehead atoms. The Morgan fingerprint density at radius 1 is 1.64 bits per heavy atom. The Hall–Kier alpha value is -0.0500. The molecule has 0 radical (unpaired) electrons. The summed E-state index contributed by atoms with van der Waals surface area (Å²) in [5.41, 5.74) is 0.236. The molecule has 1 aliphatic carbocycles. The van der Waals surface area contributed by atoms with Crippen molar-refractivity contribution in [2.24, 2.45) is 0 Å². The van der Waals surface area contributed by atoms with Crippen LogP contribution in [0.15, 0.2) is 0 Å². The second kappa shape index (κ2) is 2.22. The van der Waals surface area contributed by atoms with Crippen molar-refractivity contribution in [2.75, 3.05) is 6.54 Å². The number of alkyl halides is 1. The number of carbonyl (C=O) groups is 1. The summed E-state index contributed by atoms with van der Waals surface area (Å²) in [5.74, 6) is 0.296. The van der Waals surface area contributed by atoms with Gasteiger partial charge in [0.2, 0.25) is 5.91 Å². The average Bonchev–Trinajstić information content (AvgIpc) is 2.60. The van der Waals surface area contributed by atoms with E-state index in [2.05, 4.69) is 22.9 Å². The zero-order chi connectivity index (χ0) is 8.06. The second-order valence-corrected chi connectivity index (χ2v) is 4.85. The smallest absolute Gasteiger partial charge is 0.236 e. The predicted octanol–water partition coefficient (Wildman–Crippen LogP) is 1.53. The van der Waals surface area contributed by atoms with Crippen LogP contribution < -0.4 is 0 Å². The number of hydrogen-bond donors (Lipinski definition) is 0. The molecule has 1 saturated heterocycles. The van der Waals surface area contributed by atoms with E-state index in [-0.39, 0.29) is 10.4 Å². The van der Waals surface area contributed by atoms with E-state index >= 15 is 0 Å². The summed E-state index contributed by atoms with van der Waals surface area (Å²) in [6, 6.07) is 0. The molecular weight excluding hydrogens is 206 g/mol. The standard InChI is InChI=1S/C8H12BrNO/c1-8(3-4-8)10-5-2-6(9)7(10)11/h6H,2-5H2,1H3. The highest BCUT2D eigenvalue weighted by Crippen LogP contribution is 2.43. The Kier molecular flexibility index (Phi) is 1.53. The van der Waals surface area contributed by atoms with Crippen LogP contribution >= 0.6 is 15.9 Å². The summed E-state index contributed by atoms with van der Waals surface area (Å²) in [6.45, 7) is 3.13. The maximum Gasteiger partial charge on any atom is 0.236 e. The van der Waals surface area contributed by atoms with Crippen molar-refractivity contribution in [3.63, 3.8) is 0 Å². The monoisotopic (exact) mass is 217 g/mol. The number of hydrogen-bond acceptors (Lipinski definition) is 1. The van der Waals surface area contributed by atoms with Gasteiger partial charge in [0.25, 0.3) is 0 Å². The van der Waals surface area contributed by atoms with Crippen molar-refractivity contribution in [3.05, 3.63) is 0 Å². The van der Waals surface area contributed by atoms with Gasteiger partial charge in [0, 0.05) is 12.1 Å². The normalized spacial score (nSPS) is 34.5. The molecule has 0 spiro atoms. The van der Waals surface area contributed by atoms with Crippen LogP contribution in [0.3, 0.4) is 0 Å². The van der Waals surface area contributed by atoms with Crippen LogP contribution in [-0.2, 0) is 4.79 Å². The van der Waals surface area contributed by atoms with Gasteiger partial charge in [-0.3, -0.25) is 4.79 Å². The number of nitrogens with zero attached hydrogens (tertiary/aromatic N) is 1. The van der Waals surface area contributed by atoms with E-state index in [1.165, 1.54) is 12.8 Å². The van der Waals surface area contributed by atoms with Gasteiger partial charge in [-0.15, -0.1) is 0 Å². The molecule has 0 aromatic heterocycles. The molecule has 1 amide bonds. The fourth-order valence-electron chi connectivity index (χ4n) is 1.63. The minimum Gasteiger partial charge on any atom is -0.336 e. The average molecular weight is 218 g/mol. The molecule has 2 fully saturated rings. The largest absolute Gasteiger partial charge is 0.336 e. The molecular formula is C8H12BrNO. The molecule has 3 heteroatoms. The molecule has 11 heavy (non-hydrogen) atoms. The quantitative estimate of drug-likeness (QED) is 0.611. The molecule has 2 nitrogen and oxygen atoms in total. The lowest BCUT2D eigenvalue weighted by Crippen LogP contribution is -2.37. The highest BCUT2D eigenvalue weighted by atomic mass is 79.9. The van der Waals surface area contributed by atoms with Gasteiger partial charge in [-0.25, -0.2) is 0 Å². The van der Waals surface area contributed by atoms with E-state index in [1.807, 2.05) is 4.90 Å². The molecule has 62 valence electrons. The minimum atomic E-state index is 0.0972. The molecule has 2 rings (SSSR count). The number of amides is 1. The predicted molar refractivity (Wildman–Crippen MR) is 46.7 cm³/mol. The van der Waals surface area contributed by atoms with Crippen molar-refractivity contribution in [2.45, 2.75) is 36.6 Å². The lowest BCUT2D eigenvalue weighted by Gasteiger charge is -2.23. The minimum absolute atomic E-state index is 0.0972. The summed E-state index contributed by atoms with van der Waals surface area (Å²) in [6.07, 6.45) is 3.37. The second-order valence-electron chi connectivity index (χ2n) is 3.74. The van der Waals surface area contributed by atoms with Crippen LogP contribution in [0.1, 0.15) is 26.2 Å². The molecule has 1 atom stereocenters. The van der Waals surface area contributed by atoms with Gasteiger partial charge >= 0.3 is 0 Å². The van der Waals surface area contributed by atoms with Crippen LogP contribution in [0.2, 0.25) is 0 Å². The van der Waals surface area contributed by atoms with Crippen LogP contribution in [0.4, 0.5) is 0 Å². The SMILES string of the molecule is CC1(N2CCC(Br)C2=O)CC1. The van der Waals surface area contributed by atoms with E-state index in [0.717, 1.165) is 13.0 Å². The van der Waals surface area contributed by atoms with E-state index in [9.17, 15) is 4.79 Å². The van der Waals surface area contributed by atoms with Crippen LogP contribution in [0.5, 0.6) is 0 Å². The van der Waals surface area contributed by atoms with E-state index < -0.39 is 0 Å². The third-order valence-corrected chi connectivity index (χ3v) is 3.61. The third kappa shape index (κ3) is 1.10. The summed E-state index contributed by atoms with van der Waals surface area (Å²) >= 11 is 3.37. The number of likely N-dealkylation sites (tertiary alicyclic amines) is 1. The van der Waals surface area contributed by atoms with Crippen molar-refractivity contribution >= 4 is 21.8 Å². The highest BCUT2D eigenvalue weighted by molar-refractivity contribution is 9.10. The molecule has 0 aromatic rings. The fourth-order valence-corrected chi connectivity index (χ4v) is 2.08. The van der Waals surface area contributed by atoms with Gasteiger partial charge in [-0.2, -0.15) is 0 Å². The van der Waals surface area contributed by atoms with Crippen LogP contribution in [-0.4, -0.2) is 27.7 Å². The van der Waals surface area contributed by atoms with Gasteiger partial charge in [0.05, 0.1) is 4.83 Å². The maximum absolute atomic E-state index is 11.5. The summed E-state index contributed by atoms with van der Waals surface area (Å²) < 4.78 is 0. The van der Waals surface area contributed by atoms with E-state index in [4.69, 9.17) is 0 Å². The first-order chi connectivity index (χ1) is 5.13. The van der Waals surface area contributed by atoms with Crippen LogP contribution in [0.25, 0.3) is 0 Å². The Labute approximate surface area is 75.1 Å². The topological polar surface area (TPSA) is 20.3 Å². The van der Waals surface area contributed by atoms with Crippen molar-refractivity contribution < 1.29 is 4.79 Å². The fraction of sp³-hybridized carbons (Fsp3) is 0.875. The van der Waals surface area contributed by atoms with E-state index in [1.54, 1.807) is 0 Å². The Morgan fingerprint density at radius 2 is 2.27 bits per heavy atom. The Balaban J connectivity index is 2.11. The van der Waals surface area contributed by atoms with Gasteiger partial charge < -0.3 is 4.90 Å². The Bertz CT molecular complexity index is 200. The third-order valence-electron chi connectivity index (χ3n) is 2.77. The van der Waals surface area contributed by atoms with Gasteiger partial charge in [-0.1, -0.05) is 15.9 Å². The molecule has 1 heterocycles. The molecule has 0 aromatic carbocycles.